The van der Waals surface area contributed by atoms with E-state index in [4.69, 9.17) is 9.47 Å². The number of ether oxygens (including phenoxy) is 2. The van der Waals surface area contributed by atoms with E-state index < -0.39 is 17.8 Å². The number of carbonyl (C=O) groups is 3. The molecule has 0 amide bonds. The lowest BCUT2D eigenvalue weighted by Crippen LogP contribution is -2.37. The molecule has 5 nitrogen and oxygen atoms in total. The van der Waals surface area contributed by atoms with Gasteiger partial charge < -0.3 is 9.47 Å². The number of hydrogen-bond acceptors (Lipinski definition) is 5. The first-order chi connectivity index (χ1) is 11.9. The quantitative estimate of drug-likeness (QED) is 0.607. The van der Waals surface area contributed by atoms with Crippen molar-refractivity contribution in [3.05, 3.63) is 34.9 Å². The number of fused-ring (bicyclic) bond motifs is 2. The molecule has 0 radical (unpaired) electrons. The molecule has 2 saturated carbocycles. The highest BCUT2D eigenvalue weighted by Gasteiger charge is 2.55. The smallest absolute Gasteiger partial charge is 0.310 e. The number of esters is 2. The summed E-state index contributed by atoms with van der Waals surface area (Å²) >= 11 is 0. The number of rotatable bonds is 5. The molecule has 1 aromatic rings. The number of methoxy groups -OCH3 is 1. The monoisotopic (exact) mass is 344 g/mol. The summed E-state index contributed by atoms with van der Waals surface area (Å²) in [6.07, 6.45) is 2.75. The average molecular weight is 344 g/mol. The van der Waals surface area contributed by atoms with Crippen LogP contribution in [0.15, 0.2) is 18.2 Å². The van der Waals surface area contributed by atoms with Crippen molar-refractivity contribution >= 4 is 17.7 Å². The summed E-state index contributed by atoms with van der Waals surface area (Å²) in [6.45, 7) is 3.63. The Kier molecular flexibility index (Phi) is 4.93. The zero-order chi connectivity index (χ0) is 18.1. The number of Topliss-reactive ketones (excluding diaryl/α,β-unsaturated/α-hetero) is 1. The van der Waals surface area contributed by atoms with E-state index >= 15 is 0 Å². The van der Waals surface area contributed by atoms with Gasteiger partial charge in [-0.2, -0.15) is 0 Å². The van der Waals surface area contributed by atoms with E-state index in [0.29, 0.717) is 5.56 Å². The molecular formula is C20H24O5. The summed E-state index contributed by atoms with van der Waals surface area (Å²) in [6, 6.07) is 5.43. The van der Waals surface area contributed by atoms with Crippen LogP contribution >= 0.6 is 0 Å². The zero-order valence-corrected chi connectivity index (χ0v) is 14.9. The van der Waals surface area contributed by atoms with Gasteiger partial charge in [0.1, 0.15) is 0 Å². The maximum absolute atomic E-state index is 12.5. The van der Waals surface area contributed by atoms with Crippen LogP contribution in [0, 0.1) is 37.5 Å². The van der Waals surface area contributed by atoms with Crippen LogP contribution in [0.25, 0.3) is 0 Å². The first-order valence-electron chi connectivity index (χ1n) is 8.77. The molecule has 0 N–H and O–H groups in total. The molecule has 0 heterocycles. The third-order valence-electron chi connectivity index (χ3n) is 5.84. The normalized spacial score (nSPS) is 27.2. The van der Waals surface area contributed by atoms with Crippen LogP contribution in [0.2, 0.25) is 0 Å². The minimum Gasteiger partial charge on any atom is -0.469 e. The molecule has 4 atom stereocenters. The topological polar surface area (TPSA) is 69.7 Å². The Morgan fingerprint density at radius 3 is 2.24 bits per heavy atom. The molecular weight excluding hydrogens is 320 g/mol. The van der Waals surface area contributed by atoms with E-state index in [2.05, 4.69) is 0 Å². The van der Waals surface area contributed by atoms with Crippen molar-refractivity contribution in [3.63, 3.8) is 0 Å². The van der Waals surface area contributed by atoms with Gasteiger partial charge in [-0.15, -0.1) is 0 Å². The van der Waals surface area contributed by atoms with Crippen molar-refractivity contribution in [1.29, 1.82) is 0 Å². The molecule has 2 fully saturated rings. The Morgan fingerprint density at radius 1 is 1.00 bits per heavy atom. The molecule has 3 rings (SSSR count). The number of benzene rings is 1. The van der Waals surface area contributed by atoms with E-state index in [9.17, 15) is 14.4 Å². The molecule has 0 aliphatic heterocycles. The zero-order valence-electron chi connectivity index (χ0n) is 14.9. The molecule has 2 bridgehead atoms. The highest BCUT2D eigenvalue weighted by atomic mass is 16.5. The minimum absolute atomic E-state index is 0.165. The van der Waals surface area contributed by atoms with E-state index in [1.165, 1.54) is 7.11 Å². The standard InChI is InChI=1S/C20H24O5/c1-11-4-5-13(8-12(11)2)16(21)10-25-20(23)18-15-7-6-14(9-15)17(18)19(22)24-3/h4-5,8,14-15,17-18H,6-7,9-10H2,1-3H3/t14-,15-,17+,18+/m1/s1. The molecule has 0 aromatic heterocycles. The third kappa shape index (κ3) is 3.32. The molecule has 2 aliphatic rings. The van der Waals surface area contributed by atoms with Gasteiger partial charge in [-0.3, -0.25) is 14.4 Å². The first kappa shape index (κ1) is 17.6. The van der Waals surface area contributed by atoms with Gasteiger partial charge in [-0.25, -0.2) is 0 Å². The number of hydrogen-bond donors (Lipinski definition) is 0. The van der Waals surface area contributed by atoms with E-state index in [1.807, 2.05) is 19.9 Å². The van der Waals surface area contributed by atoms with Crippen molar-refractivity contribution in [2.45, 2.75) is 33.1 Å². The highest BCUT2D eigenvalue weighted by molar-refractivity contribution is 5.98. The number of carbonyl (C=O) groups excluding carboxylic acids is 3. The van der Waals surface area contributed by atoms with E-state index in [0.717, 1.165) is 30.4 Å². The minimum atomic E-state index is -0.473. The Balaban J connectivity index is 1.64. The predicted octanol–water partition coefficient (Wildman–Crippen LogP) is 2.86. The van der Waals surface area contributed by atoms with Gasteiger partial charge in [0.25, 0.3) is 0 Å². The lowest BCUT2D eigenvalue weighted by Gasteiger charge is -2.27. The Labute approximate surface area is 147 Å². The molecule has 5 heteroatoms. The van der Waals surface area contributed by atoms with Crippen molar-refractivity contribution in [2.75, 3.05) is 13.7 Å². The highest BCUT2D eigenvalue weighted by Crippen LogP contribution is 2.53. The van der Waals surface area contributed by atoms with E-state index in [-0.39, 0.29) is 30.2 Å². The maximum Gasteiger partial charge on any atom is 0.310 e. The summed E-state index contributed by atoms with van der Waals surface area (Å²) < 4.78 is 10.2. The summed E-state index contributed by atoms with van der Waals surface area (Å²) in [7, 11) is 1.35. The van der Waals surface area contributed by atoms with Gasteiger partial charge in [-0.1, -0.05) is 12.1 Å². The van der Waals surface area contributed by atoms with Gasteiger partial charge in [0, 0.05) is 5.56 Å². The predicted molar refractivity (Wildman–Crippen MR) is 91.0 cm³/mol. The molecule has 134 valence electrons. The molecule has 0 saturated heterocycles. The van der Waals surface area contributed by atoms with Crippen LogP contribution < -0.4 is 0 Å². The van der Waals surface area contributed by atoms with Crippen LogP contribution in [0.4, 0.5) is 0 Å². The van der Waals surface area contributed by atoms with Crippen molar-refractivity contribution < 1.29 is 23.9 Å². The molecule has 0 unspecified atom stereocenters. The first-order valence-corrected chi connectivity index (χ1v) is 8.77. The third-order valence-corrected chi connectivity index (χ3v) is 5.84. The molecule has 1 aromatic carbocycles. The average Bonchev–Trinajstić information content (AvgIpc) is 3.22. The number of aryl methyl sites for hydroxylation is 2. The molecule has 25 heavy (non-hydrogen) atoms. The lowest BCUT2D eigenvalue weighted by molar-refractivity contribution is -0.161. The van der Waals surface area contributed by atoms with Crippen molar-refractivity contribution in [1.82, 2.24) is 0 Å². The summed E-state index contributed by atoms with van der Waals surface area (Å²) in [5.41, 5.74) is 2.67. The van der Waals surface area contributed by atoms with Gasteiger partial charge >= 0.3 is 11.9 Å². The summed E-state index contributed by atoms with van der Waals surface area (Å²) in [4.78, 5) is 36.9. The molecule has 2 aliphatic carbocycles. The fourth-order valence-electron chi connectivity index (χ4n) is 4.34. The lowest BCUT2D eigenvalue weighted by atomic mass is 9.79. The summed E-state index contributed by atoms with van der Waals surface area (Å²) in [5, 5.41) is 0. The second-order valence-electron chi connectivity index (χ2n) is 7.24. The Bertz CT molecular complexity index is 708. The van der Waals surface area contributed by atoms with Crippen LogP contribution in [-0.2, 0) is 19.1 Å². The van der Waals surface area contributed by atoms with Crippen LogP contribution in [-0.4, -0.2) is 31.4 Å². The second-order valence-corrected chi connectivity index (χ2v) is 7.24. The van der Waals surface area contributed by atoms with Crippen LogP contribution in [0.1, 0.15) is 40.7 Å². The van der Waals surface area contributed by atoms with Crippen molar-refractivity contribution in [2.24, 2.45) is 23.7 Å². The fourth-order valence-corrected chi connectivity index (χ4v) is 4.34. The largest absolute Gasteiger partial charge is 0.469 e. The Morgan fingerprint density at radius 2 is 1.64 bits per heavy atom. The summed E-state index contributed by atoms with van der Waals surface area (Å²) in [5.74, 6) is -1.54. The molecule has 0 spiro atoms. The van der Waals surface area contributed by atoms with Gasteiger partial charge in [0.2, 0.25) is 0 Å². The van der Waals surface area contributed by atoms with Gasteiger partial charge in [-0.05, 0) is 62.1 Å². The Hall–Kier alpha value is -2.17. The van der Waals surface area contributed by atoms with E-state index in [1.54, 1.807) is 12.1 Å². The van der Waals surface area contributed by atoms with Crippen LogP contribution in [0.3, 0.4) is 0 Å². The number of ketones is 1. The van der Waals surface area contributed by atoms with Crippen LogP contribution in [0.5, 0.6) is 0 Å². The SMILES string of the molecule is COC(=O)[C@H]1[C@@H]2CC[C@H](C2)[C@@H]1C(=O)OCC(=O)c1ccc(C)c(C)c1. The fraction of sp³-hybridized carbons (Fsp3) is 0.550. The van der Waals surface area contributed by atoms with Crippen molar-refractivity contribution in [3.8, 4) is 0 Å². The van der Waals surface area contributed by atoms with Gasteiger partial charge in [0.15, 0.2) is 12.4 Å². The maximum atomic E-state index is 12.5. The van der Waals surface area contributed by atoms with Gasteiger partial charge in [0.05, 0.1) is 18.9 Å². The second kappa shape index (κ2) is 6.98.